The molecule has 0 saturated heterocycles. The minimum Gasteiger partial charge on any atom is -0.493 e. The van der Waals surface area contributed by atoms with Gasteiger partial charge in [-0.15, -0.1) is 0 Å². The number of thiazole rings is 1. The van der Waals surface area contributed by atoms with Gasteiger partial charge in [-0.2, -0.15) is 0 Å². The van der Waals surface area contributed by atoms with Gasteiger partial charge in [0, 0.05) is 29.5 Å². The molecule has 27 heavy (non-hydrogen) atoms. The Morgan fingerprint density at radius 2 is 1.93 bits per heavy atom. The molecule has 0 radical (unpaired) electrons. The van der Waals surface area contributed by atoms with Crippen LogP contribution in [0.4, 0.5) is 11.4 Å². The SMILES string of the molecule is O=c1sc(C=C2C=Nc3ccccc32)c(O)n1Cc1ccc([N+](=O)[O-])cc1. The zero-order valence-corrected chi connectivity index (χ0v) is 14.7. The van der Waals surface area contributed by atoms with Crippen LogP contribution in [0.3, 0.4) is 0 Å². The van der Waals surface area contributed by atoms with Crippen LogP contribution in [0.2, 0.25) is 0 Å². The molecule has 1 N–H and O–H groups in total. The number of hydrogen-bond acceptors (Lipinski definition) is 6. The standard InChI is InChI=1S/C19H13N3O4S/c23-18-17(9-13-10-20-16-4-2-1-3-15(13)16)27-19(24)21(18)11-12-5-7-14(8-6-12)22(25)26/h1-10,23H,11H2. The molecule has 0 unspecified atom stereocenters. The van der Waals surface area contributed by atoms with Gasteiger partial charge in [-0.1, -0.05) is 41.7 Å². The normalized spacial score (nSPS) is 13.9. The van der Waals surface area contributed by atoms with Crippen molar-refractivity contribution in [1.29, 1.82) is 0 Å². The quantitative estimate of drug-likeness (QED) is 0.550. The molecule has 8 heteroatoms. The third-order valence-corrected chi connectivity index (χ3v) is 5.14. The first-order valence-corrected chi connectivity index (χ1v) is 8.85. The minimum atomic E-state index is -0.483. The summed E-state index contributed by atoms with van der Waals surface area (Å²) in [5.41, 5.74) is 3.28. The van der Waals surface area contributed by atoms with Crippen molar-refractivity contribution >= 4 is 40.6 Å². The zero-order chi connectivity index (χ0) is 19.0. The van der Waals surface area contributed by atoms with Crippen LogP contribution >= 0.6 is 11.3 Å². The Labute approximate surface area is 157 Å². The lowest BCUT2D eigenvalue weighted by molar-refractivity contribution is -0.384. The van der Waals surface area contributed by atoms with E-state index in [0.29, 0.717) is 10.4 Å². The molecule has 1 aliphatic rings. The van der Waals surface area contributed by atoms with Crippen LogP contribution < -0.4 is 4.87 Å². The molecular weight excluding hydrogens is 366 g/mol. The molecule has 0 aliphatic carbocycles. The number of aromatic hydroxyl groups is 1. The molecule has 134 valence electrons. The van der Waals surface area contributed by atoms with Gasteiger partial charge >= 0.3 is 4.87 Å². The van der Waals surface area contributed by atoms with Crippen LogP contribution in [0, 0.1) is 10.1 Å². The van der Waals surface area contributed by atoms with Crippen LogP contribution in [0.25, 0.3) is 11.6 Å². The second-order valence-electron chi connectivity index (χ2n) is 5.94. The van der Waals surface area contributed by atoms with Crippen molar-refractivity contribution in [1.82, 2.24) is 4.57 Å². The monoisotopic (exact) mass is 379 g/mol. The molecule has 7 nitrogen and oxygen atoms in total. The maximum Gasteiger partial charge on any atom is 0.310 e. The summed E-state index contributed by atoms with van der Waals surface area (Å²) in [4.78, 5) is 27.0. The molecule has 1 aromatic heterocycles. The molecule has 1 aliphatic heterocycles. The summed E-state index contributed by atoms with van der Waals surface area (Å²) >= 11 is 0.941. The first kappa shape index (κ1) is 16.9. The molecule has 0 fully saturated rings. The molecular formula is C19H13N3O4S. The largest absolute Gasteiger partial charge is 0.493 e. The van der Waals surface area contributed by atoms with Crippen LogP contribution in [-0.4, -0.2) is 20.8 Å². The Morgan fingerprint density at radius 3 is 2.67 bits per heavy atom. The van der Waals surface area contributed by atoms with Gasteiger partial charge in [-0.25, -0.2) is 0 Å². The van der Waals surface area contributed by atoms with E-state index >= 15 is 0 Å². The summed E-state index contributed by atoms with van der Waals surface area (Å²) in [6.45, 7) is 0.132. The maximum atomic E-state index is 12.3. The Morgan fingerprint density at radius 1 is 1.19 bits per heavy atom. The van der Waals surface area contributed by atoms with E-state index in [1.807, 2.05) is 24.3 Å². The Hall–Kier alpha value is -3.52. The second-order valence-corrected chi connectivity index (χ2v) is 6.93. The molecule has 0 spiro atoms. The first-order chi connectivity index (χ1) is 13.0. The van der Waals surface area contributed by atoms with Crippen molar-refractivity contribution in [3.63, 3.8) is 0 Å². The highest BCUT2D eigenvalue weighted by Gasteiger charge is 2.17. The van der Waals surface area contributed by atoms with E-state index in [-0.39, 0.29) is 23.0 Å². The highest BCUT2D eigenvalue weighted by molar-refractivity contribution is 7.10. The molecule has 0 bridgehead atoms. The van der Waals surface area contributed by atoms with Crippen LogP contribution in [0.15, 0.2) is 58.3 Å². The second kappa shape index (κ2) is 6.65. The Bertz CT molecular complexity index is 1160. The number of nitrogens with zero attached hydrogens (tertiary/aromatic N) is 3. The molecule has 4 rings (SSSR count). The number of aromatic nitrogens is 1. The Kier molecular flexibility index (Phi) is 4.17. The van der Waals surface area contributed by atoms with Crippen LogP contribution in [-0.2, 0) is 6.54 Å². The number of allylic oxidation sites excluding steroid dienone is 1. The fourth-order valence-corrected chi connectivity index (χ4v) is 3.69. The lowest BCUT2D eigenvalue weighted by Gasteiger charge is -2.04. The number of benzene rings is 2. The average molecular weight is 379 g/mol. The molecule has 0 amide bonds. The number of para-hydroxylation sites is 1. The number of aliphatic imine (C=N–C) groups is 1. The van der Waals surface area contributed by atoms with Crippen molar-refractivity contribution in [2.24, 2.45) is 4.99 Å². The third kappa shape index (κ3) is 3.18. The molecule has 2 heterocycles. The first-order valence-electron chi connectivity index (χ1n) is 8.04. The smallest absolute Gasteiger partial charge is 0.310 e. The van der Waals surface area contributed by atoms with E-state index < -0.39 is 4.92 Å². The number of rotatable bonds is 4. The zero-order valence-electron chi connectivity index (χ0n) is 13.9. The van der Waals surface area contributed by atoms with Crippen molar-refractivity contribution in [2.45, 2.75) is 6.54 Å². The molecule has 3 aromatic rings. The van der Waals surface area contributed by atoms with Gasteiger partial charge in [0.25, 0.3) is 5.69 Å². The van der Waals surface area contributed by atoms with Gasteiger partial charge in [0.1, 0.15) is 0 Å². The summed E-state index contributed by atoms with van der Waals surface area (Å²) in [7, 11) is 0. The maximum absolute atomic E-state index is 12.3. The van der Waals surface area contributed by atoms with Gasteiger partial charge in [0.15, 0.2) is 0 Å². The summed E-state index contributed by atoms with van der Waals surface area (Å²) in [5, 5.41) is 21.2. The van der Waals surface area contributed by atoms with Gasteiger partial charge in [0.05, 0.1) is 22.0 Å². The van der Waals surface area contributed by atoms with Crippen molar-refractivity contribution in [3.8, 4) is 5.88 Å². The lowest BCUT2D eigenvalue weighted by Crippen LogP contribution is -2.13. The van der Waals surface area contributed by atoms with E-state index in [2.05, 4.69) is 4.99 Å². The van der Waals surface area contributed by atoms with E-state index in [4.69, 9.17) is 0 Å². The fraction of sp³-hybridized carbons (Fsp3) is 0.0526. The third-order valence-electron chi connectivity index (χ3n) is 4.23. The van der Waals surface area contributed by atoms with Crippen molar-refractivity contribution in [2.75, 3.05) is 0 Å². The van der Waals surface area contributed by atoms with Gasteiger partial charge in [-0.05, 0) is 17.7 Å². The summed E-state index contributed by atoms with van der Waals surface area (Å²) in [6, 6.07) is 13.5. The van der Waals surface area contributed by atoms with Gasteiger partial charge < -0.3 is 5.11 Å². The van der Waals surface area contributed by atoms with Gasteiger partial charge in [0.2, 0.25) is 5.88 Å². The molecule has 0 saturated carbocycles. The van der Waals surface area contributed by atoms with E-state index in [0.717, 1.165) is 28.2 Å². The highest BCUT2D eigenvalue weighted by Crippen LogP contribution is 2.34. The number of nitro groups is 1. The predicted octanol–water partition coefficient (Wildman–Crippen LogP) is 3.83. The molecule has 2 aromatic carbocycles. The average Bonchev–Trinajstić information content (AvgIpc) is 3.19. The number of nitro benzene ring substituents is 1. The minimum absolute atomic E-state index is 0.0229. The molecule has 0 atom stereocenters. The summed E-state index contributed by atoms with van der Waals surface area (Å²) in [6.07, 6.45) is 3.44. The number of non-ortho nitro benzene ring substituents is 1. The van der Waals surface area contributed by atoms with Crippen molar-refractivity contribution in [3.05, 3.63) is 84.3 Å². The Balaban J connectivity index is 1.65. The van der Waals surface area contributed by atoms with Crippen molar-refractivity contribution < 1.29 is 10.0 Å². The van der Waals surface area contributed by atoms with Crippen LogP contribution in [0.5, 0.6) is 5.88 Å². The predicted molar refractivity (Wildman–Crippen MR) is 105 cm³/mol. The van der Waals surface area contributed by atoms with E-state index in [1.165, 1.54) is 16.7 Å². The summed E-state index contributed by atoms with van der Waals surface area (Å²) in [5.74, 6) is -0.131. The number of fused-ring (bicyclic) bond motifs is 1. The van der Waals surface area contributed by atoms with E-state index in [9.17, 15) is 20.0 Å². The lowest BCUT2D eigenvalue weighted by atomic mass is 10.1. The number of hydrogen-bond donors (Lipinski definition) is 1. The fourth-order valence-electron chi connectivity index (χ4n) is 2.85. The van der Waals surface area contributed by atoms with Gasteiger partial charge in [-0.3, -0.25) is 24.5 Å². The van der Waals surface area contributed by atoms with Crippen LogP contribution in [0.1, 0.15) is 16.0 Å². The highest BCUT2D eigenvalue weighted by atomic mass is 32.1. The topological polar surface area (TPSA) is 97.7 Å². The summed E-state index contributed by atoms with van der Waals surface area (Å²) < 4.78 is 1.25. The van der Waals surface area contributed by atoms with E-state index in [1.54, 1.807) is 24.4 Å².